The molecule has 0 aliphatic carbocycles. The topological polar surface area (TPSA) is 18.5 Å². The third-order valence-corrected chi connectivity index (χ3v) is 11.2. The summed E-state index contributed by atoms with van der Waals surface area (Å²) in [4.78, 5) is 0. The van der Waals surface area contributed by atoms with Gasteiger partial charge in [-0.25, -0.2) is 0 Å². The zero-order valence-corrected chi connectivity index (χ0v) is 22.4. The first-order valence-corrected chi connectivity index (χ1v) is 15.6. The van der Waals surface area contributed by atoms with Crippen LogP contribution in [0.2, 0.25) is 18.1 Å². The predicted molar refractivity (Wildman–Crippen MR) is 139 cm³/mol. The molecule has 0 saturated carbocycles. The molecule has 1 aromatic carbocycles. The minimum atomic E-state index is -1.88. The molecule has 0 fully saturated rings. The van der Waals surface area contributed by atoms with E-state index < -0.39 is 8.32 Å². The maximum atomic E-state index is 6.86. The molecule has 0 amide bonds. The molecule has 0 heterocycles. The van der Waals surface area contributed by atoms with Crippen molar-refractivity contribution >= 4 is 8.32 Å². The third kappa shape index (κ3) is 11.5. The Morgan fingerprint density at radius 3 is 2.03 bits per heavy atom. The van der Waals surface area contributed by atoms with Crippen LogP contribution in [0.3, 0.4) is 0 Å². The van der Waals surface area contributed by atoms with Gasteiger partial charge in [0.15, 0.2) is 8.32 Å². The van der Waals surface area contributed by atoms with Gasteiger partial charge >= 0.3 is 0 Å². The first-order valence-electron chi connectivity index (χ1n) is 12.7. The van der Waals surface area contributed by atoms with Gasteiger partial charge in [-0.2, -0.15) is 0 Å². The Kier molecular flexibility index (Phi) is 13.6. The molecule has 178 valence electrons. The third-order valence-electron chi connectivity index (χ3n) is 6.71. The van der Waals surface area contributed by atoms with Gasteiger partial charge in [0.2, 0.25) is 0 Å². The van der Waals surface area contributed by atoms with E-state index in [0.29, 0.717) is 6.61 Å². The maximum absolute atomic E-state index is 6.86. The second-order valence-electron chi connectivity index (χ2n) is 10.5. The first kappa shape index (κ1) is 28.1. The highest BCUT2D eigenvalue weighted by Crippen LogP contribution is 2.38. The minimum absolute atomic E-state index is 0.0895. The predicted octanol–water partition coefficient (Wildman–Crippen LogP) is 9.07. The molecule has 0 aromatic heterocycles. The van der Waals surface area contributed by atoms with Crippen molar-refractivity contribution in [2.45, 2.75) is 129 Å². The summed E-state index contributed by atoms with van der Waals surface area (Å²) in [5.74, 6) is 0. The maximum Gasteiger partial charge on any atom is 0.192 e. The van der Waals surface area contributed by atoms with Crippen molar-refractivity contribution in [2.75, 3.05) is 0 Å². The van der Waals surface area contributed by atoms with Crippen LogP contribution in [0.15, 0.2) is 43.0 Å². The van der Waals surface area contributed by atoms with E-state index in [2.05, 4.69) is 77.7 Å². The SMILES string of the molecule is C=CC[C@@H](O[Si](C)(C)C(C)(C)C)[C@@H](CCCCCCCCCC)OCc1ccccc1. The molecular weight excluding hydrogens is 396 g/mol. The quantitative estimate of drug-likeness (QED) is 0.135. The lowest BCUT2D eigenvalue weighted by molar-refractivity contribution is -0.0438. The fourth-order valence-corrected chi connectivity index (χ4v) is 4.99. The van der Waals surface area contributed by atoms with Crippen molar-refractivity contribution in [3.8, 4) is 0 Å². The summed E-state index contributed by atoms with van der Waals surface area (Å²) in [5, 5.41) is 0.189. The number of rotatable bonds is 17. The van der Waals surface area contributed by atoms with Crippen LogP contribution in [0.25, 0.3) is 0 Å². The molecular formula is C28H50O2Si. The number of unbranched alkanes of at least 4 members (excludes halogenated alkanes) is 7. The van der Waals surface area contributed by atoms with Crippen LogP contribution < -0.4 is 0 Å². The highest BCUT2D eigenvalue weighted by molar-refractivity contribution is 6.74. The fraction of sp³-hybridized carbons (Fsp3) is 0.714. The highest BCUT2D eigenvalue weighted by Gasteiger charge is 2.40. The zero-order valence-electron chi connectivity index (χ0n) is 21.4. The lowest BCUT2D eigenvalue weighted by atomic mass is 10.0. The summed E-state index contributed by atoms with van der Waals surface area (Å²) in [6.07, 6.45) is 14.8. The molecule has 3 heteroatoms. The molecule has 0 N–H and O–H groups in total. The largest absolute Gasteiger partial charge is 0.411 e. The zero-order chi connectivity index (χ0) is 23.2. The van der Waals surface area contributed by atoms with Gasteiger partial charge in [0, 0.05) is 0 Å². The number of benzene rings is 1. The van der Waals surface area contributed by atoms with Crippen molar-refractivity contribution in [2.24, 2.45) is 0 Å². The van der Waals surface area contributed by atoms with Crippen LogP contribution in [0.1, 0.15) is 97.5 Å². The molecule has 2 nitrogen and oxygen atoms in total. The fourth-order valence-electron chi connectivity index (χ4n) is 3.63. The van der Waals surface area contributed by atoms with Gasteiger partial charge in [0.1, 0.15) is 0 Å². The number of ether oxygens (including phenoxy) is 1. The standard InChI is InChI=1S/C28H50O2Si/c1-8-10-11-12-13-14-15-19-23-26(29-24-25-21-17-16-18-22-25)27(20-9-2)30-31(6,7)28(3,4)5/h9,16-18,21-22,26-27H,2,8,10-15,19-20,23-24H2,1,3-7H3/t26-,27-/m1/s1. The molecule has 31 heavy (non-hydrogen) atoms. The van der Waals surface area contributed by atoms with Crippen molar-refractivity contribution in [1.82, 2.24) is 0 Å². The van der Waals surface area contributed by atoms with E-state index in [4.69, 9.17) is 9.16 Å². The van der Waals surface area contributed by atoms with E-state index in [0.717, 1.165) is 12.8 Å². The highest BCUT2D eigenvalue weighted by atomic mass is 28.4. The van der Waals surface area contributed by atoms with Gasteiger partial charge in [-0.05, 0) is 36.5 Å². The summed E-state index contributed by atoms with van der Waals surface area (Å²) in [7, 11) is -1.88. The smallest absolute Gasteiger partial charge is 0.192 e. The van der Waals surface area contributed by atoms with E-state index in [1.807, 2.05) is 6.08 Å². The van der Waals surface area contributed by atoms with E-state index in [9.17, 15) is 0 Å². The minimum Gasteiger partial charge on any atom is -0.411 e. The van der Waals surface area contributed by atoms with Crippen molar-refractivity contribution < 1.29 is 9.16 Å². The van der Waals surface area contributed by atoms with Gasteiger partial charge in [-0.1, -0.05) is 115 Å². The van der Waals surface area contributed by atoms with E-state index in [1.54, 1.807) is 0 Å². The monoisotopic (exact) mass is 446 g/mol. The molecule has 0 spiro atoms. The van der Waals surface area contributed by atoms with Crippen molar-refractivity contribution in [3.63, 3.8) is 0 Å². The average molecular weight is 447 g/mol. The lowest BCUT2D eigenvalue weighted by Gasteiger charge is -2.41. The second kappa shape index (κ2) is 15.0. The Balaban J connectivity index is 2.71. The second-order valence-corrected chi connectivity index (χ2v) is 15.3. The summed E-state index contributed by atoms with van der Waals surface area (Å²) >= 11 is 0. The molecule has 1 rings (SSSR count). The molecule has 0 bridgehead atoms. The first-order chi connectivity index (χ1) is 14.7. The summed E-state index contributed by atoms with van der Waals surface area (Å²) < 4.78 is 13.4. The molecule has 0 radical (unpaired) electrons. The summed E-state index contributed by atoms with van der Waals surface area (Å²) in [6.45, 7) is 18.6. The molecule has 1 aromatic rings. The molecule has 0 unspecified atom stereocenters. The Hall–Kier alpha value is -0.903. The van der Waals surface area contributed by atoms with E-state index in [1.165, 1.54) is 56.9 Å². The van der Waals surface area contributed by atoms with Crippen molar-refractivity contribution in [3.05, 3.63) is 48.6 Å². The Labute approximate surface area is 195 Å². The molecule has 0 saturated heterocycles. The van der Waals surface area contributed by atoms with Gasteiger partial charge in [-0.15, -0.1) is 6.58 Å². The number of hydrogen-bond acceptors (Lipinski definition) is 2. The Morgan fingerprint density at radius 2 is 1.48 bits per heavy atom. The van der Waals surface area contributed by atoms with Crippen molar-refractivity contribution in [1.29, 1.82) is 0 Å². The number of hydrogen-bond donors (Lipinski definition) is 0. The Morgan fingerprint density at radius 1 is 0.903 bits per heavy atom. The normalized spacial score (nSPS) is 14.4. The van der Waals surface area contributed by atoms with Crippen LogP contribution in [-0.4, -0.2) is 20.5 Å². The lowest BCUT2D eigenvalue weighted by Crippen LogP contribution is -2.47. The molecule has 0 aliphatic rings. The van der Waals surface area contributed by atoms with Gasteiger partial charge < -0.3 is 9.16 Å². The van der Waals surface area contributed by atoms with Crippen LogP contribution in [-0.2, 0) is 15.8 Å². The van der Waals surface area contributed by atoms with Crippen LogP contribution in [0.4, 0.5) is 0 Å². The van der Waals surface area contributed by atoms with Crippen LogP contribution >= 0.6 is 0 Å². The Bertz CT molecular complexity index is 576. The van der Waals surface area contributed by atoms with Crippen LogP contribution in [0.5, 0.6) is 0 Å². The van der Waals surface area contributed by atoms with E-state index >= 15 is 0 Å². The molecule has 2 atom stereocenters. The summed E-state index contributed by atoms with van der Waals surface area (Å²) in [6, 6.07) is 10.5. The van der Waals surface area contributed by atoms with Gasteiger partial charge in [0.25, 0.3) is 0 Å². The molecule has 0 aliphatic heterocycles. The van der Waals surface area contributed by atoms with Crippen LogP contribution in [0, 0.1) is 0 Å². The average Bonchev–Trinajstić information content (AvgIpc) is 2.71. The van der Waals surface area contributed by atoms with E-state index in [-0.39, 0.29) is 17.2 Å². The van der Waals surface area contributed by atoms with Gasteiger partial charge in [-0.3, -0.25) is 0 Å². The van der Waals surface area contributed by atoms with Gasteiger partial charge in [0.05, 0.1) is 18.8 Å². The summed E-state index contributed by atoms with van der Waals surface area (Å²) in [5.41, 5.74) is 1.23.